The molecular weight excluding hydrogens is 295 g/mol. The standard InChI is InChI=1S/C7H19IN6/c1-3-5(9,10)4(8-2)7(13,14)6(3,11)12/h3-4H,2,9-14H2,1H3. The fourth-order valence-electron chi connectivity index (χ4n) is 1.90. The van der Waals surface area contributed by atoms with Crippen LogP contribution in [0.25, 0.3) is 0 Å². The first-order valence-corrected chi connectivity index (χ1v) is 6.97. The Morgan fingerprint density at radius 1 is 1.00 bits per heavy atom. The summed E-state index contributed by atoms with van der Waals surface area (Å²) in [5.41, 5.74) is 32.1. The third kappa shape index (κ3) is 1.28. The van der Waals surface area contributed by atoms with E-state index in [0.29, 0.717) is 0 Å². The highest BCUT2D eigenvalue weighted by Crippen LogP contribution is 2.43. The van der Waals surface area contributed by atoms with E-state index in [1.54, 1.807) is 6.92 Å². The largest absolute Gasteiger partial charge is 0.312 e. The molecule has 7 heteroatoms. The van der Waals surface area contributed by atoms with Gasteiger partial charge in [0.2, 0.25) is 0 Å². The lowest BCUT2D eigenvalue weighted by Crippen LogP contribution is -2.77. The minimum Gasteiger partial charge on any atom is -0.312 e. The summed E-state index contributed by atoms with van der Waals surface area (Å²) in [5, 5.41) is 0. The fraction of sp³-hybridized carbons (Fsp3) is 0.857. The normalized spacial score (nSPS) is 38.5. The molecule has 0 heterocycles. The van der Waals surface area contributed by atoms with Gasteiger partial charge in [-0.05, 0) is 0 Å². The van der Waals surface area contributed by atoms with Gasteiger partial charge in [0.1, 0.15) is 11.3 Å². The molecule has 6 nitrogen and oxygen atoms in total. The van der Waals surface area contributed by atoms with Crippen LogP contribution in [-0.4, -0.2) is 25.4 Å². The maximum Gasteiger partial charge on any atom is 0.111 e. The van der Waals surface area contributed by atoms with E-state index < -0.39 is 37.7 Å². The Hall–Kier alpha value is 0.360. The maximum absolute atomic E-state index is 5.97. The van der Waals surface area contributed by atoms with Crippen molar-refractivity contribution in [2.24, 2.45) is 40.3 Å². The molecule has 1 fully saturated rings. The molecule has 0 aliphatic heterocycles. The lowest BCUT2D eigenvalue weighted by molar-refractivity contribution is 0.216. The highest BCUT2D eigenvalue weighted by Gasteiger charge is 2.65. The summed E-state index contributed by atoms with van der Waals surface area (Å²) < 4.78 is 3.55. The first-order valence-electron chi connectivity index (χ1n) is 4.20. The Morgan fingerprint density at radius 3 is 1.57 bits per heavy atom. The van der Waals surface area contributed by atoms with Crippen molar-refractivity contribution in [3.63, 3.8) is 0 Å². The molecule has 0 spiro atoms. The minimum atomic E-state index is -1.25. The van der Waals surface area contributed by atoms with E-state index in [4.69, 9.17) is 34.4 Å². The average molecular weight is 314 g/mol. The van der Waals surface area contributed by atoms with Gasteiger partial charge >= 0.3 is 0 Å². The van der Waals surface area contributed by atoms with Crippen molar-refractivity contribution in [2.75, 3.05) is 0 Å². The number of alkyl halides is 1. The van der Waals surface area contributed by atoms with Crippen LogP contribution in [0, 0.1) is 5.92 Å². The van der Waals surface area contributed by atoms with E-state index in [1.165, 1.54) is 0 Å². The fourth-order valence-corrected chi connectivity index (χ4v) is 4.47. The summed E-state index contributed by atoms with van der Waals surface area (Å²) in [6.07, 6.45) is 0. The van der Waals surface area contributed by atoms with E-state index in [2.05, 4.69) is 4.51 Å². The molecule has 1 aliphatic carbocycles. The molecule has 1 saturated carbocycles. The van der Waals surface area contributed by atoms with Crippen LogP contribution in [0.5, 0.6) is 0 Å². The highest BCUT2D eigenvalue weighted by molar-refractivity contribution is 14.2. The Balaban J connectivity index is 3.29. The second-order valence-electron chi connectivity index (χ2n) is 4.10. The van der Waals surface area contributed by atoms with Crippen molar-refractivity contribution >= 4 is 25.2 Å². The SMILES string of the molecule is C=IC1C(N)(N)C(C)C(N)(N)C1(N)N. The van der Waals surface area contributed by atoms with Crippen molar-refractivity contribution in [2.45, 2.75) is 27.8 Å². The first-order chi connectivity index (χ1) is 6.10. The van der Waals surface area contributed by atoms with E-state index in [9.17, 15) is 0 Å². The summed E-state index contributed by atoms with van der Waals surface area (Å²) >= 11 is -0.572. The molecule has 84 valence electrons. The van der Waals surface area contributed by atoms with Gasteiger partial charge in [0, 0.05) is 5.92 Å². The van der Waals surface area contributed by atoms with Crippen molar-refractivity contribution in [3.8, 4) is 0 Å². The lowest BCUT2D eigenvalue weighted by Gasteiger charge is -2.37. The lowest BCUT2D eigenvalue weighted by atomic mass is 9.91. The molecule has 0 aromatic heterocycles. The van der Waals surface area contributed by atoms with Crippen molar-refractivity contribution in [3.05, 3.63) is 0 Å². The average Bonchev–Trinajstić information content (AvgIpc) is 2.09. The Kier molecular flexibility index (Phi) is 2.82. The van der Waals surface area contributed by atoms with E-state index in [-0.39, 0.29) is 9.84 Å². The monoisotopic (exact) mass is 314 g/mol. The molecular formula is C7H19IN6. The van der Waals surface area contributed by atoms with Gasteiger partial charge in [-0.1, -0.05) is 11.4 Å². The van der Waals surface area contributed by atoms with Gasteiger partial charge in [-0.3, -0.25) is 0 Å². The Morgan fingerprint density at radius 2 is 1.43 bits per heavy atom. The number of hydrogen-bond donors (Lipinski definition) is 6. The van der Waals surface area contributed by atoms with Crippen molar-refractivity contribution < 1.29 is 0 Å². The zero-order valence-electron chi connectivity index (χ0n) is 8.20. The summed E-state index contributed by atoms with van der Waals surface area (Å²) in [6, 6.07) is 0. The molecule has 14 heavy (non-hydrogen) atoms. The molecule has 12 N–H and O–H groups in total. The molecule has 0 aromatic rings. The van der Waals surface area contributed by atoms with Gasteiger partial charge < -0.3 is 34.4 Å². The molecule has 0 aromatic carbocycles. The summed E-state index contributed by atoms with van der Waals surface area (Å²) in [6.45, 7) is 1.77. The van der Waals surface area contributed by atoms with Gasteiger partial charge in [-0.15, -0.1) is 20.7 Å². The zero-order chi connectivity index (χ0) is 11.4. The predicted octanol–water partition coefficient (Wildman–Crippen LogP) is -2.75. The second kappa shape index (κ2) is 3.17. The van der Waals surface area contributed by atoms with Crippen LogP contribution in [0.15, 0.2) is 0 Å². The number of rotatable bonds is 1. The second-order valence-corrected chi connectivity index (χ2v) is 6.23. The van der Waals surface area contributed by atoms with Crippen LogP contribution in [0.1, 0.15) is 6.92 Å². The molecule has 0 radical (unpaired) electrons. The summed E-state index contributed by atoms with van der Waals surface area (Å²) in [4.78, 5) is 0. The van der Waals surface area contributed by atoms with Crippen molar-refractivity contribution in [1.82, 2.24) is 0 Å². The molecule has 2 atom stereocenters. The van der Waals surface area contributed by atoms with E-state index >= 15 is 0 Å². The van der Waals surface area contributed by atoms with Crippen LogP contribution in [0.3, 0.4) is 0 Å². The topological polar surface area (TPSA) is 156 Å². The van der Waals surface area contributed by atoms with Crippen LogP contribution in [0.4, 0.5) is 0 Å². The van der Waals surface area contributed by atoms with Crippen molar-refractivity contribution in [1.29, 1.82) is 0 Å². The molecule has 1 rings (SSSR count). The van der Waals surface area contributed by atoms with Gasteiger partial charge in [0.25, 0.3) is 0 Å². The van der Waals surface area contributed by atoms with Crippen LogP contribution in [0.2, 0.25) is 0 Å². The highest BCUT2D eigenvalue weighted by atomic mass is 127. The van der Waals surface area contributed by atoms with E-state index in [0.717, 1.165) is 0 Å². The zero-order valence-corrected chi connectivity index (χ0v) is 10.4. The molecule has 1 aliphatic rings. The van der Waals surface area contributed by atoms with Gasteiger partial charge in [0.05, 0.1) is 9.59 Å². The predicted molar refractivity (Wildman–Crippen MR) is 67.4 cm³/mol. The summed E-state index contributed by atoms with van der Waals surface area (Å²) in [7, 11) is 0. The van der Waals surface area contributed by atoms with E-state index in [1.807, 2.05) is 0 Å². The number of hydrogen-bond acceptors (Lipinski definition) is 6. The van der Waals surface area contributed by atoms with Crippen LogP contribution < -0.4 is 34.4 Å². The Labute approximate surface area is 93.5 Å². The minimum absolute atomic E-state index is 0.293. The van der Waals surface area contributed by atoms with Gasteiger partial charge in [0.15, 0.2) is 0 Å². The molecule has 0 saturated heterocycles. The maximum atomic E-state index is 5.97. The third-order valence-electron chi connectivity index (χ3n) is 3.23. The molecule has 2 unspecified atom stereocenters. The third-order valence-corrected chi connectivity index (χ3v) is 6.22. The smallest absolute Gasteiger partial charge is 0.111 e. The number of nitrogens with two attached hydrogens (primary N) is 6. The Bertz CT molecular complexity index is 261. The molecule has 0 bridgehead atoms. The first kappa shape index (κ1) is 12.4. The summed E-state index contributed by atoms with van der Waals surface area (Å²) in [5.74, 6) is -0.351. The van der Waals surface area contributed by atoms with Crippen LogP contribution >= 0.6 is 20.7 Å². The number of halogens is 1. The van der Waals surface area contributed by atoms with Gasteiger partial charge in [-0.2, -0.15) is 0 Å². The van der Waals surface area contributed by atoms with Gasteiger partial charge in [-0.25, -0.2) is 0 Å². The quantitative estimate of drug-likeness (QED) is 0.175. The van der Waals surface area contributed by atoms with Crippen LogP contribution in [-0.2, 0) is 0 Å². The molecule has 0 amide bonds.